The van der Waals surface area contributed by atoms with Crippen LogP contribution in [0.2, 0.25) is 0 Å². The maximum Gasteiger partial charge on any atom is 0.249 e. The quantitative estimate of drug-likeness (QED) is 0.840. The number of ketones is 1. The monoisotopic (exact) mass is 351 g/mol. The van der Waals surface area contributed by atoms with E-state index < -0.39 is 23.5 Å². The number of rotatable bonds is 6. The van der Waals surface area contributed by atoms with Crippen LogP contribution in [0.25, 0.3) is 11.1 Å². The molecule has 1 amide bonds. The minimum atomic E-state index is -1.06. The van der Waals surface area contributed by atoms with Gasteiger partial charge >= 0.3 is 0 Å². The van der Waals surface area contributed by atoms with E-state index in [1.807, 2.05) is 32.0 Å². The van der Waals surface area contributed by atoms with Gasteiger partial charge in [0.25, 0.3) is 0 Å². The Hall–Kier alpha value is -2.46. The summed E-state index contributed by atoms with van der Waals surface area (Å²) >= 11 is 0. The van der Waals surface area contributed by atoms with Gasteiger partial charge in [0.15, 0.2) is 5.78 Å². The fraction of sp³-hybridized carbons (Fsp3) is 0.364. The minimum Gasteiger partial charge on any atom is -0.383 e. The molecule has 26 heavy (non-hydrogen) atoms. The van der Waals surface area contributed by atoms with Crippen LogP contribution < -0.4 is 5.32 Å². The van der Waals surface area contributed by atoms with Crippen LogP contribution in [0.3, 0.4) is 0 Å². The Kier molecular flexibility index (Phi) is 5.23. The van der Waals surface area contributed by atoms with Crippen LogP contribution in [-0.4, -0.2) is 28.9 Å². The SMILES string of the molecule is CC(C)(CCc1ccc(-c2ccccc2)cc1)C(=O)[C@H]1C[C@@H](O)C(=O)N1. The number of nitrogens with one attached hydrogen (secondary N) is 1. The smallest absolute Gasteiger partial charge is 0.249 e. The summed E-state index contributed by atoms with van der Waals surface area (Å²) in [7, 11) is 0. The van der Waals surface area contributed by atoms with E-state index in [0.29, 0.717) is 6.42 Å². The van der Waals surface area contributed by atoms with Gasteiger partial charge in [0.1, 0.15) is 6.10 Å². The molecular weight excluding hydrogens is 326 g/mol. The average molecular weight is 351 g/mol. The van der Waals surface area contributed by atoms with Crippen molar-refractivity contribution in [3.8, 4) is 11.1 Å². The third-order valence-electron chi connectivity index (χ3n) is 5.16. The molecule has 0 aromatic heterocycles. The zero-order valence-electron chi connectivity index (χ0n) is 15.2. The Labute approximate surface area is 154 Å². The molecule has 1 heterocycles. The third kappa shape index (κ3) is 4.02. The molecule has 3 rings (SSSR count). The Morgan fingerprint density at radius 2 is 1.69 bits per heavy atom. The van der Waals surface area contributed by atoms with Gasteiger partial charge in [-0.2, -0.15) is 0 Å². The van der Waals surface area contributed by atoms with Crippen LogP contribution in [0, 0.1) is 5.41 Å². The van der Waals surface area contributed by atoms with Crippen molar-refractivity contribution in [1.82, 2.24) is 5.32 Å². The van der Waals surface area contributed by atoms with Crippen molar-refractivity contribution in [3.05, 3.63) is 60.2 Å². The number of carbonyl (C=O) groups is 2. The Bertz CT molecular complexity index is 781. The molecule has 4 nitrogen and oxygen atoms in total. The van der Waals surface area contributed by atoms with Crippen molar-refractivity contribution in [2.45, 2.75) is 45.3 Å². The minimum absolute atomic E-state index is 0.0108. The van der Waals surface area contributed by atoms with Crippen molar-refractivity contribution in [1.29, 1.82) is 0 Å². The molecule has 136 valence electrons. The molecule has 1 aliphatic heterocycles. The van der Waals surface area contributed by atoms with Gasteiger partial charge in [-0.25, -0.2) is 0 Å². The molecule has 2 aromatic carbocycles. The molecule has 0 radical (unpaired) electrons. The van der Waals surface area contributed by atoms with Gasteiger partial charge in [-0.05, 0) is 29.5 Å². The molecule has 0 unspecified atom stereocenters. The van der Waals surface area contributed by atoms with Crippen LogP contribution in [-0.2, 0) is 16.0 Å². The van der Waals surface area contributed by atoms with E-state index >= 15 is 0 Å². The highest BCUT2D eigenvalue weighted by Gasteiger charge is 2.40. The van der Waals surface area contributed by atoms with Crippen molar-refractivity contribution in [2.75, 3.05) is 0 Å². The normalized spacial score (nSPS) is 20.0. The molecule has 0 bridgehead atoms. The molecule has 2 atom stereocenters. The van der Waals surface area contributed by atoms with E-state index in [1.165, 1.54) is 16.7 Å². The maximum absolute atomic E-state index is 12.7. The number of amides is 1. The van der Waals surface area contributed by atoms with Crippen molar-refractivity contribution < 1.29 is 14.7 Å². The molecule has 0 aliphatic carbocycles. The number of benzene rings is 2. The Morgan fingerprint density at radius 1 is 1.08 bits per heavy atom. The highest BCUT2D eigenvalue weighted by atomic mass is 16.3. The van der Waals surface area contributed by atoms with Gasteiger partial charge in [0.2, 0.25) is 5.91 Å². The number of aliphatic hydroxyl groups excluding tert-OH is 1. The second-order valence-electron chi connectivity index (χ2n) is 7.62. The standard InChI is InChI=1S/C22H25NO3/c1-22(2,20(25)18-14-19(24)21(26)23-18)13-12-15-8-10-17(11-9-15)16-6-4-3-5-7-16/h3-11,18-19,24H,12-14H2,1-2H3,(H,23,26)/t18-,19-/m1/s1. The molecule has 4 heteroatoms. The van der Waals surface area contributed by atoms with Gasteiger partial charge in [-0.15, -0.1) is 0 Å². The highest BCUT2D eigenvalue weighted by Crippen LogP contribution is 2.29. The zero-order chi connectivity index (χ0) is 18.7. The fourth-order valence-corrected chi connectivity index (χ4v) is 3.38. The molecular formula is C22H25NO3. The Morgan fingerprint density at radius 3 is 2.27 bits per heavy atom. The molecule has 2 N–H and O–H groups in total. The number of carbonyl (C=O) groups excluding carboxylic acids is 2. The van der Waals surface area contributed by atoms with E-state index in [-0.39, 0.29) is 12.2 Å². The van der Waals surface area contributed by atoms with Crippen molar-refractivity contribution in [2.24, 2.45) is 5.41 Å². The summed E-state index contributed by atoms with van der Waals surface area (Å²) < 4.78 is 0. The first-order valence-corrected chi connectivity index (χ1v) is 9.04. The van der Waals surface area contributed by atoms with Crippen molar-refractivity contribution >= 4 is 11.7 Å². The van der Waals surface area contributed by atoms with Gasteiger partial charge in [0, 0.05) is 11.8 Å². The van der Waals surface area contributed by atoms with E-state index in [1.54, 1.807) is 0 Å². The molecule has 0 spiro atoms. The lowest BCUT2D eigenvalue weighted by Gasteiger charge is -2.26. The lowest BCUT2D eigenvalue weighted by atomic mass is 9.79. The van der Waals surface area contributed by atoms with E-state index in [9.17, 15) is 14.7 Å². The maximum atomic E-state index is 12.7. The summed E-state index contributed by atoms with van der Waals surface area (Å²) in [5.74, 6) is -0.459. The summed E-state index contributed by atoms with van der Waals surface area (Å²) in [6.07, 6.45) is 0.591. The van der Waals surface area contributed by atoms with Crippen LogP contribution in [0.4, 0.5) is 0 Å². The number of aryl methyl sites for hydroxylation is 1. The van der Waals surface area contributed by atoms with E-state index in [0.717, 1.165) is 6.42 Å². The molecule has 2 aromatic rings. The van der Waals surface area contributed by atoms with E-state index in [4.69, 9.17) is 0 Å². The number of hydrogen-bond acceptors (Lipinski definition) is 3. The van der Waals surface area contributed by atoms with Crippen LogP contribution in [0.1, 0.15) is 32.3 Å². The molecule has 0 saturated carbocycles. The summed E-state index contributed by atoms with van der Waals surface area (Å²) in [6, 6.07) is 18.1. The molecule has 1 fully saturated rings. The molecule has 1 aliphatic rings. The van der Waals surface area contributed by atoms with E-state index in [2.05, 4.69) is 41.7 Å². The number of hydrogen-bond donors (Lipinski definition) is 2. The van der Waals surface area contributed by atoms with Gasteiger partial charge in [-0.1, -0.05) is 68.4 Å². The van der Waals surface area contributed by atoms with Gasteiger partial charge in [-0.3, -0.25) is 9.59 Å². The lowest BCUT2D eigenvalue weighted by Crippen LogP contribution is -2.41. The fourth-order valence-electron chi connectivity index (χ4n) is 3.38. The molecule has 1 saturated heterocycles. The van der Waals surface area contributed by atoms with Crippen LogP contribution in [0.15, 0.2) is 54.6 Å². The summed E-state index contributed by atoms with van der Waals surface area (Å²) in [5.41, 5.74) is 2.98. The number of Topliss-reactive ketones (excluding diaryl/α,β-unsaturated/α-hetero) is 1. The van der Waals surface area contributed by atoms with Gasteiger partial charge in [0.05, 0.1) is 6.04 Å². The summed E-state index contributed by atoms with van der Waals surface area (Å²) in [5, 5.41) is 12.1. The number of aliphatic hydroxyl groups is 1. The first-order valence-electron chi connectivity index (χ1n) is 9.04. The first-order chi connectivity index (χ1) is 12.4. The predicted molar refractivity (Wildman–Crippen MR) is 102 cm³/mol. The predicted octanol–water partition coefficient (Wildman–Crippen LogP) is 3.13. The topological polar surface area (TPSA) is 66.4 Å². The highest BCUT2D eigenvalue weighted by molar-refractivity contribution is 5.96. The van der Waals surface area contributed by atoms with Crippen LogP contribution in [0.5, 0.6) is 0 Å². The van der Waals surface area contributed by atoms with Crippen molar-refractivity contribution in [3.63, 3.8) is 0 Å². The third-order valence-corrected chi connectivity index (χ3v) is 5.16. The zero-order valence-corrected chi connectivity index (χ0v) is 15.2. The average Bonchev–Trinajstić information content (AvgIpc) is 2.99. The Balaban J connectivity index is 1.61. The first kappa shape index (κ1) is 18.3. The summed E-state index contributed by atoms with van der Waals surface area (Å²) in [6.45, 7) is 3.81. The summed E-state index contributed by atoms with van der Waals surface area (Å²) in [4.78, 5) is 24.1. The largest absolute Gasteiger partial charge is 0.383 e. The van der Waals surface area contributed by atoms with Crippen LogP contribution >= 0.6 is 0 Å². The lowest BCUT2D eigenvalue weighted by molar-refractivity contribution is -0.131. The second kappa shape index (κ2) is 7.42. The second-order valence-corrected chi connectivity index (χ2v) is 7.62. The van der Waals surface area contributed by atoms with Gasteiger partial charge < -0.3 is 10.4 Å².